The molecule has 1 aromatic heterocycles. The predicted molar refractivity (Wildman–Crippen MR) is 148 cm³/mol. The monoisotopic (exact) mass is 541 g/mol. The molecule has 1 unspecified atom stereocenters. The minimum absolute atomic E-state index is 0.113. The molecule has 2 aromatic carbocycles. The lowest BCUT2D eigenvalue weighted by molar-refractivity contribution is -0.132. The number of carbonyl (C=O) groups is 2. The van der Waals surface area contributed by atoms with Gasteiger partial charge in [-0.2, -0.15) is 0 Å². The molecule has 1 saturated heterocycles. The Balaban J connectivity index is 1.60. The Bertz CT molecular complexity index is 1400. The summed E-state index contributed by atoms with van der Waals surface area (Å²) in [5.41, 5.74) is 9.01. The first kappa shape index (κ1) is 26.5. The molecule has 9 nitrogen and oxygen atoms in total. The Labute approximate surface area is 225 Å². The molecule has 4 rings (SSSR count). The normalized spacial score (nSPS) is 16.4. The van der Waals surface area contributed by atoms with Crippen molar-refractivity contribution in [1.82, 2.24) is 25.1 Å². The Morgan fingerprint density at radius 1 is 1.30 bits per heavy atom. The Morgan fingerprint density at radius 2 is 2.05 bits per heavy atom. The van der Waals surface area contributed by atoms with E-state index < -0.39 is 6.04 Å². The zero-order valence-corrected chi connectivity index (χ0v) is 22.4. The first-order valence-electron chi connectivity index (χ1n) is 11.8. The molecule has 1 aliphatic rings. The zero-order chi connectivity index (χ0) is 26.9. The van der Waals surface area contributed by atoms with Crippen LogP contribution in [0, 0.1) is 0 Å². The van der Waals surface area contributed by atoms with E-state index in [1.807, 2.05) is 19.1 Å². The van der Waals surface area contributed by atoms with Crippen molar-refractivity contribution in [2.75, 3.05) is 20.6 Å². The van der Waals surface area contributed by atoms with Crippen molar-refractivity contribution in [3.8, 4) is 0 Å². The molecule has 2 atom stereocenters. The minimum atomic E-state index is -0.518. The number of aromatic nitrogens is 2. The highest BCUT2D eigenvalue weighted by molar-refractivity contribution is 6.34. The summed E-state index contributed by atoms with van der Waals surface area (Å²) >= 11 is 12.7. The van der Waals surface area contributed by atoms with E-state index in [1.54, 1.807) is 37.2 Å². The van der Waals surface area contributed by atoms with Gasteiger partial charge in [-0.15, -0.1) is 0 Å². The molecule has 37 heavy (non-hydrogen) atoms. The summed E-state index contributed by atoms with van der Waals surface area (Å²) in [7, 11) is 3.36. The number of hydrogen-bond donors (Lipinski definition) is 3. The number of fused-ring (bicyclic) bond motifs is 1. The highest BCUT2D eigenvalue weighted by atomic mass is 35.5. The Kier molecular flexibility index (Phi) is 7.75. The van der Waals surface area contributed by atoms with Crippen LogP contribution >= 0.6 is 23.2 Å². The van der Waals surface area contributed by atoms with E-state index in [1.165, 1.54) is 4.90 Å². The van der Waals surface area contributed by atoms with Gasteiger partial charge in [0.2, 0.25) is 5.91 Å². The standard InChI is InChI=1S/C26H29Cl2N7O2/c1-14(31-15(2)24-32-20-8-7-16(27)10-22(20)33-24)17-11-19(28)18(12-21(17)30-13-29)25(36)35-9-5-6-23(35)26(37)34(3)4/h7-8,10-13,15,23,31H,1,5-6,9H2,2-4H3,(H2,29,30)(H,32,33)/t15?,23-/m0/s1. The van der Waals surface area contributed by atoms with Crippen LogP contribution in [0.15, 0.2) is 41.9 Å². The first-order chi connectivity index (χ1) is 17.6. The molecule has 0 bridgehead atoms. The van der Waals surface area contributed by atoms with Gasteiger partial charge in [-0.25, -0.2) is 9.98 Å². The van der Waals surface area contributed by atoms with E-state index in [9.17, 15) is 9.59 Å². The summed E-state index contributed by atoms with van der Waals surface area (Å²) in [6.45, 7) is 6.57. The van der Waals surface area contributed by atoms with Gasteiger partial charge in [0.05, 0.1) is 39.7 Å². The van der Waals surface area contributed by atoms with E-state index in [2.05, 4.69) is 26.9 Å². The summed E-state index contributed by atoms with van der Waals surface area (Å²) in [4.78, 5) is 41.3. The molecule has 1 fully saturated rings. The third kappa shape index (κ3) is 5.42. The summed E-state index contributed by atoms with van der Waals surface area (Å²) < 4.78 is 0. The van der Waals surface area contributed by atoms with Crippen LogP contribution in [0.25, 0.3) is 16.7 Å². The quantitative estimate of drug-likeness (QED) is 0.300. The molecule has 11 heteroatoms. The van der Waals surface area contributed by atoms with Gasteiger partial charge < -0.3 is 25.8 Å². The third-order valence-corrected chi connectivity index (χ3v) is 6.90. The molecule has 2 amide bonds. The summed E-state index contributed by atoms with van der Waals surface area (Å²) in [5.74, 6) is 0.264. The number of amides is 2. The van der Waals surface area contributed by atoms with Crippen molar-refractivity contribution < 1.29 is 9.59 Å². The number of imidazole rings is 1. The number of benzene rings is 2. The topological polar surface area (TPSA) is 120 Å². The number of nitrogens with one attached hydrogen (secondary N) is 2. The first-order valence-corrected chi connectivity index (χ1v) is 12.6. The zero-order valence-electron chi connectivity index (χ0n) is 20.9. The van der Waals surface area contributed by atoms with Gasteiger partial charge in [-0.1, -0.05) is 29.8 Å². The van der Waals surface area contributed by atoms with Gasteiger partial charge in [0, 0.05) is 36.9 Å². The largest absolute Gasteiger partial charge is 0.390 e. The second-order valence-electron chi connectivity index (χ2n) is 9.14. The molecule has 4 N–H and O–H groups in total. The highest BCUT2D eigenvalue weighted by Gasteiger charge is 2.36. The van der Waals surface area contributed by atoms with E-state index in [-0.39, 0.29) is 28.4 Å². The van der Waals surface area contributed by atoms with Gasteiger partial charge in [-0.05, 0) is 50.1 Å². The van der Waals surface area contributed by atoms with Crippen LogP contribution in [0.5, 0.6) is 0 Å². The van der Waals surface area contributed by atoms with E-state index in [4.69, 9.17) is 28.9 Å². The van der Waals surface area contributed by atoms with Crippen molar-refractivity contribution >= 4 is 63.8 Å². The molecule has 1 aliphatic heterocycles. The van der Waals surface area contributed by atoms with Crippen molar-refractivity contribution in [2.24, 2.45) is 10.7 Å². The molecule has 2 heterocycles. The molecule has 0 saturated carbocycles. The fourth-order valence-corrected chi connectivity index (χ4v) is 4.90. The number of aromatic amines is 1. The fraction of sp³-hybridized carbons (Fsp3) is 0.308. The number of H-pyrrole nitrogens is 1. The van der Waals surface area contributed by atoms with Gasteiger partial charge in [-0.3, -0.25) is 9.59 Å². The minimum Gasteiger partial charge on any atom is -0.390 e. The average Bonchev–Trinajstić information content (AvgIpc) is 3.51. The van der Waals surface area contributed by atoms with Gasteiger partial charge in [0.25, 0.3) is 5.91 Å². The smallest absolute Gasteiger partial charge is 0.256 e. The van der Waals surface area contributed by atoms with Crippen LogP contribution in [-0.4, -0.2) is 64.6 Å². The van der Waals surface area contributed by atoms with Crippen molar-refractivity contribution in [1.29, 1.82) is 0 Å². The van der Waals surface area contributed by atoms with Crippen LogP contribution in [0.3, 0.4) is 0 Å². The highest BCUT2D eigenvalue weighted by Crippen LogP contribution is 2.34. The van der Waals surface area contributed by atoms with Gasteiger partial charge in [0.15, 0.2) is 0 Å². The van der Waals surface area contributed by atoms with Crippen LogP contribution in [0.4, 0.5) is 5.69 Å². The summed E-state index contributed by atoms with van der Waals surface area (Å²) in [6, 6.07) is 7.91. The lowest BCUT2D eigenvalue weighted by atomic mass is 10.0. The maximum absolute atomic E-state index is 13.4. The van der Waals surface area contributed by atoms with Crippen molar-refractivity contribution in [3.05, 3.63) is 63.9 Å². The van der Waals surface area contributed by atoms with Crippen LogP contribution < -0.4 is 11.1 Å². The summed E-state index contributed by atoms with van der Waals surface area (Å²) in [6.07, 6.45) is 2.50. The van der Waals surface area contributed by atoms with Crippen molar-refractivity contribution in [2.45, 2.75) is 31.8 Å². The average molecular weight is 542 g/mol. The molecule has 0 aliphatic carbocycles. The van der Waals surface area contributed by atoms with Gasteiger partial charge >= 0.3 is 0 Å². The van der Waals surface area contributed by atoms with Crippen LogP contribution in [0.2, 0.25) is 10.0 Å². The predicted octanol–water partition coefficient (Wildman–Crippen LogP) is 4.50. The van der Waals surface area contributed by atoms with E-state index in [0.717, 1.165) is 23.8 Å². The number of nitrogens with zero attached hydrogens (tertiary/aromatic N) is 4. The van der Waals surface area contributed by atoms with Crippen LogP contribution in [-0.2, 0) is 4.79 Å². The lowest BCUT2D eigenvalue weighted by Gasteiger charge is -2.27. The van der Waals surface area contributed by atoms with Crippen LogP contribution in [0.1, 0.15) is 47.6 Å². The molecular formula is C26H29Cl2N7O2. The van der Waals surface area contributed by atoms with E-state index in [0.29, 0.717) is 40.8 Å². The Hall–Kier alpha value is -3.56. The maximum atomic E-state index is 13.4. The van der Waals surface area contributed by atoms with E-state index >= 15 is 0 Å². The fourth-order valence-electron chi connectivity index (χ4n) is 4.49. The molecular weight excluding hydrogens is 513 g/mol. The number of likely N-dealkylation sites (tertiary alicyclic amines) is 1. The van der Waals surface area contributed by atoms with Gasteiger partial charge in [0.1, 0.15) is 11.9 Å². The number of halogens is 2. The lowest BCUT2D eigenvalue weighted by Crippen LogP contribution is -2.45. The number of nitrogens with two attached hydrogens (primary N) is 1. The number of rotatable bonds is 7. The molecule has 0 spiro atoms. The molecule has 0 radical (unpaired) electrons. The molecule has 194 valence electrons. The molecule has 3 aromatic rings. The number of carbonyl (C=O) groups excluding carboxylic acids is 2. The summed E-state index contributed by atoms with van der Waals surface area (Å²) in [5, 5.41) is 4.16. The third-order valence-electron chi connectivity index (χ3n) is 6.36. The number of likely N-dealkylation sites (N-methyl/N-ethyl adjacent to an activating group) is 1. The second-order valence-corrected chi connectivity index (χ2v) is 9.99. The Morgan fingerprint density at radius 3 is 2.76 bits per heavy atom. The second kappa shape index (κ2) is 10.8. The maximum Gasteiger partial charge on any atom is 0.256 e. The van der Waals surface area contributed by atoms with Crippen molar-refractivity contribution in [3.63, 3.8) is 0 Å². The number of hydrogen-bond acceptors (Lipinski definition) is 5. The number of aliphatic imine (C=N–C) groups is 1. The SMILES string of the molecule is C=C(NC(C)c1nc2ccc(Cl)cc2[nH]1)c1cc(Cl)c(C(=O)N2CCC[C@H]2C(=O)N(C)C)cc1N=CN.